The molecule has 40 nitrogen and oxygen atoms in total. The van der Waals surface area contributed by atoms with E-state index in [1.54, 1.807) is 39.8 Å². The third-order valence-electron chi connectivity index (χ3n) is 23.2. The molecule has 5 heterocycles. The number of benzene rings is 3. The number of rotatable bonds is 38. The summed E-state index contributed by atoms with van der Waals surface area (Å²) in [7, 11) is -1.10. The van der Waals surface area contributed by atoms with Crippen molar-refractivity contribution < 1.29 is 120 Å². The Labute approximate surface area is 754 Å². The van der Waals surface area contributed by atoms with Crippen LogP contribution in [0.2, 0.25) is 0 Å². The number of nitrogens with two attached hydrogens (primary N) is 2. The first-order valence-electron chi connectivity index (χ1n) is 43.7. The highest BCUT2D eigenvalue weighted by molar-refractivity contribution is 7.85. The zero-order valence-electron chi connectivity index (χ0n) is 74.9. The van der Waals surface area contributed by atoms with Crippen LogP contribution in [0.1, 0.15) is 166 Å². The Balaban J connectivity index is 0.874. The number of primary amides is 2. The van der Waals surface area contributed by atoms with Gasteiger partial charge in [0.15, 0.2) is 23.1 Å². The fourth-order valence-corrected chi connectivity index (χ4v) is 16.7. The molecule has 3 aliphatic heterocycles. The summed E-state index contributed by atoms with van der Waals surface area (Å²) < 4.78 is 38.1. The first kappa shape index (κ1) is 103. The summed E-state index contributed by atoms with van der Waals surface area (Å²) in [5.41, 5.74) is 15.8. The molecule has 5 aromatic rings. The van der Waals surface area contributed by atoms with Crippen LogP contribution in [-0.4, -0.2) is 276 Å². The van der Waals surface area contributed by atoms with Gasteiger partial charge in [0.1, 0.15) is 35.2 Å². The van der Waals surface area contributed by atoms with Crippen LogP contribution in [0.3, 0.4) is 0 Å². The van der Waals surface area contributed by atoms with Crippen LogP contribution in [0.4, 0.5) is 15.3 Å². The first-order valence-corrected chi connectivity index (χ1v) is 45.0. The maximum absolute atomic E-state index is 15.4. The van der Waals surface area contributed by atoms with Gasteiger partial charge in [-0.25, -0.2) is 19.6 Å². The van der Waals surface area contributed by atoms with Crippen molar-refractivity contribution in [3.05, 3.63) is 88.7 Å². The lowest BCUT2D eigenvalue weighted by Crippen LogP contribution is -2.56. The number of aliphatic hydroxyl groups excluding tert-OH is 3. The van der Waals surface area contributed by atoms with Gasteiger partial charge in [-0.15, -0.1) is 0 Å². The molecule has 15 N–H and O–H groups in total. The van der Waals surface area contributed by atoms with Crippen molar-refractivity contribution in [3.63, 3.8) is 0 Å². The van der Waals surface area contributed by atoms with E-state index in [2.05, 4.69) is 42.2 Å². The van der Waals surface area contributed by atoms with E-state index in [1.165, 1.54) is 80.1 Å². The minimum Gasteiger partial charge on any atom is -0.445 e. The smallest absolute Gasteiger partial charge is 0.415 e. The largest absolute Gasteiger partial charge is 0.445 e. The number of aliphatic hydroxyl groups is 3. The number of Topliss-reactive ketones (excluding diaryl/α,β-unsaturated/α-hetero) is 5. The molecule has 2 aromatic heterocycles. The fourth-order valence-electron chi connectivity index (χ4n) is 15.3. The Morgan fingerprint density at radius 3 is 2.02 bits per heavy atom. The van der Waals surface area contributed by atoms with Crippen LogP contribution >= 0.6 is 0 Å². The van der Waals surface area contributed by atoms with Gasteiger partial charge in [0, 0.05) is 138 Å². The Kier molecular flexibility index (Phi) is 39.1. The molecule has 2 bridgehead atoms. The van der Waals surface area contributed by atoms with E-state index in [-0.39, 0.29) is 103 Å². The molecule has 130 heavy (non-hydrogen) atoms. The second-order valence-corrected chi connectivity index (χ2v) is 34.9. The Hall–Kier alpha value is -11.9. The predicted octanol–water partition coefficient (Wildman–Crippen LogP) is 1.68. The van der Waals surface area contributed by atoms with Crippen molar-refractivity contribution >= 4 is 139 Å². The molecule has 1 saturated heterocycles. The highest BCUT2D eigenvalue weighted by atomic mass is 32.2. The number of aromatic amines is 1. The molecule has 0 saturated carbocycles. The maximum Gasteiger partial charge on any atom is 0.415 e. The summed E-state index contributed by atoms with van der Waals surface area (Å²) in [6.45, 7) is 12.2. The highest BCUT2D eigenvalue weighted by Crippen LogP contribution is 2.34. The van der Waals surface area contributed by atoms with Crippen LogP contribution < -0.4 is 53.4 Å². The number of aromatic nitrogens is 3. The number of ketones is 5. The molecule has 3 aromatic carbocycles. The van der Waals surface area contributed by atoms with Gasteiger partial charge in [-0.2, -0.15) is 0 Å². The third kappa shape index (κ3) is 29.6. The number of fused-ring (bicyclic) bond motifs is 6. The first-order chi connectivity index (χ1) is 61.7. The molecule has 8 rings (SSSR count). The van der Waals surface area contributed by atoms with Gasteiger partial charge in [-0.3, -0.25) is 76.1 Å². The number of ether oxygens (including phenoxy) is 4. The summed E-state index contributed by atoms with van der Waals surface area (Å²) in [6, 6.07) is 7.30. The molecule has 41 heteroatoms. The Morgan fingerprint density at radius 2 is 1.37 bits per heavy atom. The number of hydrogen-bond acceptors (Lipinski definition) is 27. The third-order valence-corrected chi connectivity index (χ3v) is 24.7. The van der Waals surface area contributed by atoms with Crippen LogP contribution in [0.15, 0.2) is 65.7 Å². The second-order valence-electron chi connectivity index (χ2n) is 33.5. The minimum absolute atomic E-state index is 0.0149. The number of nitrogens with one attached hydrogen (secondary N) is 8. The molecule has 708 valence electrons. The van der Waals surface area contributed by atoms with Crippen LogP contribution in [0.25, 0.3) is 21.9 Å². The van der Waals surface area contributed by atoms with Gasteiger partial charge in [0.2, 0.25) is 59.1 Å². The zero-order valence-corrected chi connectivity index (χ0v) is 75.7. The summed E-state index contributed by atoms with van der Waals surface area (Å²) in [6.07, 6.45) is -6.91. The van der Waals surface area contributed by atoms with Crippen molar-refractivity contribution in [3.8, 4) is 5.75 Å². The van der Waals surface area contributed by atoms with Crippen molar-refractivity contribution in [2.45, 2.75) is 212 Å². The van der Waals surface area contributed by atoms with Crippen molar-refractivity contribution in [1.82, 2.24) is 61.6 Å². The van der Waals surface area contributed by atoms with E-state index >= 15 is 9.00 Å². The summed E-state index contributed by atoms with van der Waals surface area (Å²) >= 11 is 0. The number of carbonyl (C=O) groups excluding carboxylic acids is 17. The lowest BCUT2D eigenvalue weighted by molar-refractivity contribution is -0.145. The lowest BCUT2D eigenvalue weighted by atomic mass is 9.85. The number of aryl methyl sites for hydroxylation is 2. The second kappa shape index (κ2) is 49.2. The SMILES string of the molecule is CCc1nc2ccc(C(=O)CCCOCCOCCC(=O)C[C@@H](C)C(=O)N[C@@H](C)C(=O)C[C@@H](CC(N)=O)C(=O)Nc3ccc(COC(=O)N(C)CCN(C(=O)Oc4ccc5c6c([nH]c5c4)S(=O)C[C@@H]4NC(=O)CNC(=O)[C@H]([C@@H](C)CC)NC(=O)CNC(=O)[C@H](CC(=O)[C@H]([C@@H](C)[C@@H](O)CO)NC(=O)[C@@H]5C[C@@H](O)CN5C(=O)[C@H](CC(N)=O)CC4=O)C6)C(C)C)cc3)cc2nc1CC. The van der Waals surface area contributed by atoms with Crippen LogP contribution in [0, 0.1) is 35.5 Å². The van der Waals surface area contributed by atoms with E-state index in [0.717, 1.165) is 34.6 Å². The molecular weight excluding hydrogens is 1710 g/mol. The fraction of sp³-hybridized carbons (Fsp3) is 0.562. The number of nitrogens with zero attached hydrogens (tertiary/aromatic N) is 5. The van der Waals surface area contributed by atoms with Crippen molar-refractivity contribution in [2.24, 2.45) is 47.0 Å². The molecule has 0 spiro atoms. The van der Waals surface area contributed by atoms with E-state index < -0.39 is 260 Å². The van der Waals surface area contributed by atoms with Crippen LogP contribution in [-0.2, 0) is 118 Å². The molecule has 3 aliphatic rings. The van der Waals surface area contributed by atoms with E-state index in [0.29, 0.717) is 36.1 Å². The summed E-state index contributed by atoms with van der Waals surface area (Å²) in [5, 5.41) is 49.9. The topological polar surface area (TPSA) is 592 Å². The molecule has 0 aliphatic carbocycles. The van der Waals surface area contributed by atoms with Gasteiger partial charge < -0.3 is 103 Å². The standard InChI is InChI=1S/C89H121N15O25S/c1-11-48(6)79-85(121)93-41-77(115)98-68-46-130(125)86-62(32-54(82(118)92-42-78(116)100-79)35-73(111)80(50(8)74(112)44-105)101-84(120)69-39-59(107)43-104(69)87(122)56(36-72(68)110)38-76(91)114)61-22-21-60(40-66(61)99-86)129-89(124)103(47(4)5)26-25-102(10)88(123)128-45-52-16-19-57(20-17-52)95-83(119)55(37-75(90)113)34-71(109)51(9)94-81(117)49(7)31-58(106)24-28-127-30-29-126-27-14-15-70(108)53-18-23-65-67(33-53)97-64(13-3)63(12-2)96-65/h16-23,33,40,47-51,54-56,59,68-69,74,79-80,99,105,107,112H,11-15,24-32,34-39,41-46H2,1-10H3,(H2,90,113)(H2,91,114)(H,92,118)(H,93,121)(H,94,117)(H,95,119)(H,98,115)(H,100,116)(H,101,120)/t48-,49+,50-,51-,54-,55-,56-,59+,68-,69-,74-,79-,80-,130?/m0/s1. The lowest BCUT2D eigenvalue weighted by Gasteiger charge is -2.32. The number of hydrogen-bond donors (Lipinski definition) is 13. The quantitative estimate of drug-likeness (QED) is 0.0197. The minimum atomic E-state index is -2.51. The van der Waals surface area contributed by atoms with Gasteiger partial charge in [-0.1, -0.05) is 60.1 Å². The average Bonchev–Trinajstić information content (AvgIpc) is 1.50. The Morgan fingerprint density at radius 1 is 0.700 bits per heavy atom. The van der Waals surface area contributed by atoms with Gasteiger partial charge in [-0.05, 0) is 106 Å². The number of likely N-dealkylation sites (N-methyl/N-ethyl adjacent to an activating group) is 1. The van der Waals surface area contributed by atoms with Gasteiger partial charge >= 0.3 is 12.2 Å². The number of amides is 12. The summed E-state index contributed by atoms with van der Waals surface area (Å²) in [5.74, 6) is -20.2. The normalized spacial score (nSPS) is 20.6. The Bertz CT molecular complexity index is 5010. The number of H-pyrrole nitrogens is 1. The van der Waals surface area contributed by atoms with Crippen molar-refractivity contribution in [1.29, 1.82) is 0 Å². The number of carbonyl (C=O) groups is 17. The van der Waals surface area contributed by atoms with E-state index in [1.807, 2.05) is 19.9 Å². The van der Waals surface area contributed by atoms with E-state index in [9.17, 15) is 92.0 Å². The molecule has 14 atom stereocenters. The van der Waals surface area contributed by atoms with Crippen LogP contribution in [0.5, 0.6) is 5.75 Å². The molecule has 0 radical (unpaired) electrons. The number of anilines is 1. The van der Waals surface area contributed by atoms with Gasteiger partial charge in [0.05, 0.1) is 126 Å². The van der Waals surface area contributed by atoms with E-state index in [4.69, 9.17) is 40.4 Å². The van der Waals surface area contributed by atoms with Gasteiger partial charge in [0.25, 0.3) is 0 Å². The molecule has 1 unspecified atom stereocenters. The summed E-state index contributed by atoms with van der Waals surface area (Å²) in [4.78, 5) is 250. The predicted molar refractivity (Wildman–Crippen MR) is 470 cm³/mol. The molecule has 1 fully saturated rings. The maximum atomic E-state index is 15.4. The zero-order chi connectivity index (χ0) is 95.5. The molecular formula is C89H121N15O25S. The highest BCUT2D eigenvalue weighted by Gasteiger charge is 2.46. The molecule has 12 amide bonds. The average molecular weight is 1830 g/mol. The monoisotopic (exact) mass is 1830 g/mol. The van der Waals surface area contributed by atoms with Crippen molar-refractivity contribution in [2.75, 3.05) is 83.9 Å².